The van der Waals surface area contributed by atoms with Crippen molar-refractivity contribution in [2.75, 3.05) is 33.8 Å². The fraction of sp³-hybridized carbons (Fsp3) is 0.533. The second-order valence-corrected chi connectivity index (χ2v) is 5.09. The number of carbonyl (C=O) groups excluding carboxylic acids is 1. The number of ether oxygens (including phenoxy) is 1. The molecule has 0 spiro atoms. The third-order valence-electron chi connectivity index (χ3n) is 3.12. The van der Waals surface area contributed by atoms with Gasteiger partial charge in [0.1, 0.15) is 11.4 Å². The molecule has 0 amide bonds. The van der Waals surface area contributed by atoms with Gasteiger partial charge in [-0.25, -0.2) is 9.18 Å². The van der Waals surface area contributed by atoms with E-state index < -0.39 is 11.5 Å². The molecule has 4 nitrogen and oxygen atoms in total. The molecule has 0 saturated carbocycles. The van der Waals surface area contributed by atoms with Gasteiger partial charge in [-0.15, -0.1) is 0 Å². The SMILES string of the molecule is CCOC(=O)C(C)(NCCN(C)C)c1cccc(F)c1. The van der Waals surface area contributed by atoms with E-state index in [9.17, 15) is 9.18 Å². The van der Waals surface area contributed by atoms with Gasteiger partial charge >= 0.3 is 5.97 Å². The number of nitrogens with one attached hydrogen (secondary N) is 1. The Morgan fingerprint density at radius 1 is 1.45 bits per heavy atom. The standard InChI is InChI=1S/C15H23FN2O2/c1-5-20-14(19)15(2,17-9-10-18(3)4)12-7-6-8-13(16)11-12/h6-8,11,17H,5,9-10H2,1-4H3. The number of rotatable bonds is 7. The van der Waals surface area contributed by atoms with Gasteiger partial charge in [0.05, 0.1) is 6.61 Å². The summed E-state index contributed by atoms with van der Waals surface area (Å²) in [6, 6.07) is 6.03. The Bertz CT molecular complexity index is 451. The quantitative estimate of drug-likeness (QED) is 0.774. The van der Waals surface area contributed by atoms with Crippen LogP contribution < -0.4 is 5.32 Å². The molecule has 1 aromatic rings. The summed E-state index contributed by atoms with van der Waals surface area (Å²) in [5, 5.41) is 3.17. The lowest BCUT2D eigenvalue weighted by Gasteiger charge is -2.29. The van der Waals surface area contributed by atoms with Crippen molar-refractivity contribution >= 4 is 5.97 Å². The number of esters is 1. The first kappa shape index (κ1) is 16.6. The maximum absolute atomic E-state index is 13.4. The van der Waals surface area contributed by atoms with Crippen LogP contribution in [0.2, 0.25) is 0 Å². The van der Waals surface area contributed by atoms with Gasteiger partial charge in [0.25, 0.3) is 0 Å². The smallest absolute Gasteiger partial charge is 0.330 e. The summed E-state index contributed by atoms with van der Waals surface area (Å²) in [5.74, 6) is -0.767. The Morgan fingerprint density at radius 2 is 2.15 bits per heavy atom. The highest BCUT2D eigenvalue weighted by Gasteiger charge is 2.36. The average molecular weight is 282 g/mol. The molecule has 0 radical (unpaired) electrons. The number of hydrogen-bond acceptors (Lipinski definition) is 4. The zero-order valence-electron chi connectivity index (χ0n) is 12.6. The Kier molecular flexibility index (Phi) is 6.10. The zero-order valence-corrected chi connectivity index (χ0v) is 12.6. The summed E-state index contributed by atoms with van der Waals surface area (Å²) in [6.07, 6.45) is 0. The van der Waals surface area contributed by atoms with E-state index in [4.69, 9.17) is 4.74 Å². The molecular formula is C15H23FN2O2. The van der Waals surface area contributed by atoms with Crippen molar-refractivity contribution in [2.24, 2.45) is 0 Å². The van der Waals surface area contributed by atoms with Crippen LogP contribution in [0.5, 0.6) is 0 Å². The van der Waals surface area contributed by atoms with Gasteiger partial charge in [0.2, 0.25) is 0 Å². The molecule has 0 aliphatic carbocycles. The topological polar surface area (TPSA) is 41.6 Å². The van der Waals surface area contributed by atoms with Gasteiger partial charge in [-0.2, -0.15) is 0 Å². The van der Waals surface area contributed by atoms with Crippen LogP contribution in [-0.2, 0) is 15.1 Å². The number of halogens is 1. The van der Waals surface area contributed by atoms with Gasteiger partial charge in [-0.1, -0.05) is 12.1 Å². The minimum atomic E-state index is -1.05. The van der Waals surface area contributed by atoms with Gasteiger partial charge in [-0.05, 0) is 45.6 Å². The number of hydrogen-bond donors (Lipinski definition) is 1. The molecular weight excluding hydrogens is 259 g/mol. The van der Waals surface area contributed by atoms with E-state index in [2.05, 4.69) is 5.32 Å². The Labute approximate surface area is 119 Å². The molecule has 0 bridgehead atoms. The lowest BCUT2D eigenvalue weighted by Crippen LogP contribution is -2.49. The summed E-state index contributed by atoms with van der Waals surface area (Å²) in [4.78, 5) is 14.2. The second kappa shape index (κ2) is 7.36. The molecule has 1 atom stereocenters. The first-order chi connectivity index (χ1) is 9.40. The Balaban J connectivity index is 2.97. The van der Waals surface area contributed by atoms with Gasteiger partial charge in [-0.3, -0.25) is 5.32 Å². The number of benzene rings is 1. The molecule has 0 fully saturated rings. The van der Waals surface area contributed by atoms with Crippen molar-refractivity contribution in [3.63, 3.8) is 0 Å². The highest BCUT2D eigenvalue weighted by Crippen LogP contribution is 2.23. The summed E-state index contributed by atoms with van der Waals surface area (Å²) in [6.45, 7) is 5.13. The molecule has 0 saturated heterocycles. The van der Waals surface area contributed by atoms with Crippen molar-refractivity contribution in [1.29, 1.82) is 0 Å². The second-order valence-electron chi connectivity index (χ2n) is 5.09. The molecule has 20 heavy (non-hydrogen) atoms. The Morgan fingerprint density at radius 3 is 2.70 bits per heavy atom. The first-order valence-electron chi connectivity index (χ1n) is 6.73. The molecule has 1 aromatic carbocycles. The van der Waals surface area contributed by atoms with Gasteiger partial charge in [0, 0.05) is 13.1 Å². The van der Waals surface area contributed by atoms with Crippen molar-refractivity contribution in [2.45, 2.75) is 19.4 Å². The molecule has 0 aliphatic rings. The molecule has 1 unspecified atom stereocenters. The maximum Gasteiger partial charge on any atom is 0.330 e. The molecule has 0 aliphatic heterocycles. The fourth-order valence-corrected chi connectivity index (χ4v) is 1.90. The predicted molar refractivity (Wildman–Crippen MR) is 76.9 cm³/mol. The monoisotopic (exact) mass is 282 g/mol. The van der Waals surface area contributed by atoms with Crippen LogP contribution in [0.15, 0.2) is 24.3 Å². The average Bonchev–Trinajstić information content (AvgIpc) is 2.38. The largest absolute Gasteiger partial charge is 0.464 e. The van der Waals surface area contributed by atoms with Crippen molar-refractivity contribution in [3.05, 3.63) is 35.6 Å². The van der Waals surface area contributed by atoms with Crippen LogP contribution in [-0.4, -0.2) is 44.7 Å². The van der Waals surface area contributed by atoms with E-state index in [1.54, 1.807) is 26.0 Å². The fourth-order valence-electron chi connectivity index (χ4n) is 1.90. The molecule has 5 heteroatoms. The number of likely N-dealkylation sites (N-methyl/N-ethyl adjacent to an activating group) is 1. The van der Waals surface area contributed by atoms with Crippen LogP contribution in [0, 0.1) is 5.82 Å². The van der Waals surface area contributed by atoms with Gasteiger partial charge < -0.3 is 9.64 Å². The summed E-state index contributed by atoms with van der Waals surface area (Å²) >= 11 is 0. The van der Waals surface area contributed by atoms with E-state index >= 15 is 0 Å². The van der Waals surface area contributed by atoms with Crippen LogP contribution in [0.1, 0.15) is 19.4 Å². The minimum Gasteiger partial charge on any atom is -0.464 e. The summed E-state index contributed by atoms with van der Waals surface area (Å²) in [5.41, 5.74) is -0.483. The molecule has 0 heterocycles. The van der Waals surface area contributed by atoms with Crippen LogP contribution in [0.4, 0.5) is 4.39 Å². The molecule has 0 aromatic heterocycles. The normalized spacial score (nSPS) is 14.1. The van der Waals surface area contributed by atoms with E-state index in [-0.39, 0.29) is 5.82 Å². The van der Waals surface area contributed by atoms with Crippen LogP contribution in [0.3, 0.4) is 0 Å². The summed E-state index contributed by atoms with van der Waals surface area (Å²) in [7, 11) is 3.90. The number of carbonyl (C=O) groups is 1. The highest BCUT2D eigenvalue weighted by molar-refractivity contribution is 5.82. The van der Waals surface area contributed by atoms with Crippen LogP contribution in [0.25, 0.3) is 0 Å². The Hall–Kier alpha value is -1.46. The maximum atomic E-state index is 13.4. The van der Waals surface area contributed by atoms with E-state index in [1.165, 1.54) is 12.1 Å². The van der Waals surface area contributed by atoms with Crippen LogP contribution >= 0.6 is 0 Å². The highest BCUT2D eigenvalue weighted by atomic mass is 19.1. The number of nitrogens with zero attached hydrogens (tertiary/aromatic N) is 1. The third kappa shape index (κ3) is 4.28. The van der Waals surface area contributed by atoms with Gasteiger partial charge in [0.15, 0.2) is 0 Å². The predicted octanol–water partition coefficient (Wildman–Crippen LogP) is 1.76. The van der Waals surface area contributed by atoms with E-state index in [0.29, 0.717) is 18.7 Å². The van der Waals surface area contributed by atoms with Crippen molar-refractivity contribution in [3.8, 4) is 0 Å². The molecule has 112 valence electrons. The zero-order chi connectivity index (χ0) is 15.2. The lowest BCUT2D eigenvalue weighted by atomic mass is 9.92. The lowest BCUT2D eigenvalue weighted by molar-refractivity contribution is -0.151. The summed E-state index contributed by atoms with van der Waals surface area (Å²) < 4.78 is 18.5. The van der Waals surface area contributed by atoms with E-state index in [1.807, 2.05) is 19.0 Å². The van der Waals surface area contributed by atoms with E-state index in [0.717, 1.165) is 6.54 Å². The van der Waals surface area contributed by atoms with Crippen molar-refractivity contribution in [1.82, 2.24) is 10.2 Å². The molecule has 1 rings (SSSR count). The minimum absolute atomic E-state index is 0.291. The van der Waals surface area contributed by atoms with Crippen molar-refractivity contribution < 1.29 is 13.9 Å². The molecule has 1 N–H and O–H groups in total. The third-order valence-corrected chi connectivity index (χ3v) is 3.12. The first-order valence-corrected chi connectivity index (χ1v) is 6.73.